The number of methoxy groups -OCH3 is 1. The lowest BCUT2D eigenvalue weighted by Crippen LogP contribution is -2.44. The Labute approximate surface area is 140 Å². The van der Waals surface area contributed by atoms with Crippen LogP contribution in [0, 0.1) is 12.3 Å². The van der Waals surface area contributed by atoms with Gasteiger partial charge < -0.3 is 20.1 Å². The lowest BCUT2D eigenvalue weighted by atomic mass is 9.62. The predicted molar refractivity (Wildman–Crippen MR) is 86.7 cm³/mol. The summed E-state index contributed by atoms with van der Waals surface area (Å²) in [5.74, 6) is -1.09. The fourth-order valence-corrected chi connectivity index (χ4v) is 5.57. The summed E-state index contributed by atoms with van der Waals surface area (Å²) in [4.78, 5) is 12.7. The molecule has 5 atom stereocenters. The molecule has 0 aromatic heterocycles. The van der Waals surface area contributed by atoms with Crippen molar-refractivity contribution < 1.29 is 24.9 Å². The number of carbonyl (C=O) groups excluding carboxylic acids is 1. The molecule has 3 N–H and O–H groups in total. The summed E-state index contributed by atoms with van der Waals surface area (Å²) >= 11 is 0. The van der Waals surface area contributed by atoms with Crippen molar-refractivity contribution in [2.75, 3.05) is 7.11 Å². The van der Waals surface area contributed by atoms with Gasteiger partial charge in [0.1, 0.15) is 5.75 Å². The van der Waals surface area contributed by atoms with Crippen LogP contribution in [0.4, 0.5) is 0 Å². The van der Waals surface area contributed by atoms with E-state index in [1.165, 1.54) is 7.11 Å². The number of aliphatic hydroxyl groups is 2. The van der Waals surface area contributed by atoms with Crippen LogP contribution in [0.15, 0.2) is 24.3 Å². The highest BCUT2D eigenvalue weighted by Crippen LogP contribution is 2.71. The van der Waals surface area contributed by atoms with Gasteiger partial charge >= 0.3 is 5.97 Å². The molecule has 2 bridgehead atoms. The summed E-state index contributed by atoms with van der Waals surface area (Å²) in [7, 11) is 1.33. The van der Waals surface area contributed by atoms with Crippen LogP contribution in [0.3, 0.4) is 0 Å². The first-order valence-corrected chi connectivity index (χ1v) is 8.28. The Morgan fingerprint density at radius 1 is 1.42 bits per heavy atom. The van der Waals surface area contributed by atoms with Gasteiger partial charge in [-0.1, -0.05) is 12.6 Å². The molecule has 1 aromatic carbocycles. The molecule has 0 amide bonds. The number of carbonyl (C=O) groups is 1. The largest absolute Gasteiger partial charge is 0.508 e. The van der Waals surface area contributed by atoms with Crippen LogP contribution >= 0.6 is 0 Å². The molecule has 3 aliphatic rings. The molecule has 0 heterocycles. The molecule has 0 aliphatic heterocycles. The van der Waals surface area contributed by atoms with E-state index in [1.54, 1.807) is 13.0 Å². The first kappa shape index (κ1) is 15.7. The first-order valence-electron chi connectivity index (χ1n) is 8.28. The molecule has 3 aliphatic carbocycles. The molecule has 2 saturated carbocycles. The Kier molecular flexibility index (Phi) is 3.01. The standard InChI is InChI=1S/C19H22O5/c1-9-13(20)5-4-11-12-6-7-18(23)8-19(12,16(21)10(18)2)15(14(9)11)17(22)24-3/h4-5,12,15-16,20-21,23H,2,6-8H2,1,3H3/t12-,15+,16+,18-,19+/m0/s1. The summed E-state index contributed by atoms with van der Waals surface area (Å²) in [6.07, 6.45) is 0.493. The van der Waals surface area contributed by atoms with E-state index in [0.717, 1.165) is 11.1 Å². The average Bonchev–Trinajstić information content (AvgIpc) is 2.93. The van der Waals surface area contributed by atoms with E-state index < -0.39 is 29.0 Å². The molecular weight excluding hydrogens is 308 g/mol. The molecule has 24 heavy (non-hydrogen) atoms. The molecule has 5 heteroatoms. The number of phenolic OH excluding ortho intramolecular Hbond substituents is 1. The first-order chi connectivity index (χ1) is 11.3. The Morgan fingerprint density at radius 2 is 2.12 bits per heavy atom. The second-order valence-corrected chi connectivity index (χ2v) is 7.51. The number of fused-ring (bicyclic) bond motifs is 3. The van der Waals surface area contributed by atoms with Crippen LogP contribution in [-0.4, -0.2) is 40.1 Å². The third kappa shape index (κ3) is 1.55. The van der Waals surface area contributed by atoms with Crippen molar-refractivity contribution in [1.29, 1.82) is 0 Å². The van der Waals surface area contributed by atoms with E-state index in [0.29, 0.717) is 30.4 Å². The third-order valence-electron chi connectivity index (χ3n) is 6.69. The molecule has 0 radical (unpaired) electrons. The molecule has 4 rings (SSSR count). The maximum Gasteiger partial charge on any atom is 0.313 e. The van der Waals surface area contributed by atoms with Crippen LogP contribution in [0.25, 0.3) is 0 Å². The van der Waals surface area contributed by atoms with Crippen molar-refractivity contribution in [3.05, 3.63) is 41.0 Å². The van der Waals surface area contributed by atoms with Gasteiger partial charge in [-0.15, -0.1) is 0 Å². The predicted octanol–water partition coefficient (Wildman–Crippen LogP) is 1.89. The number of phenols is 1. The molecule has 2 fully saturated rings. The minimum Gasteiger partial charge on any atom is -0.508 e. The summed E-state index contributed by atoms with van der Waals surface area (Å²) in [6.45, 7) is 5.70. The number of esters is 1. The number of hydrogen-bond acceptors (Lipinski definition) is 5. The van der Waals surface area contributed by atoms with Crippen LogP contribution in [0.1, 0.15) is 47.8 Å². The molecule has 5 nitrogen and oxygen atoms in total. The van der Waals surface area contributed by atoms with E-state index in [2.05, 4.69) is 6.58 Å². The Balaban J connectivity index is 2.02. The lowest BCUT2D eigenvalue weighted by molar-refractivity contribution is -0.149. The number of rotatable bonds is 1. The summed E-state index contributed by atoms with van der Waals surface area (Å²) in [5, 5.41) is 32.1. The second kappa shape index (κ2) is 4.61. The van der Waals surface area contributed by atoms with Crippen molar-refractivity contribution in [1.82, 2.24) is 0 Å². The highest BCUT2D eigenvalue weighted by atomic mass is 16.5. The van der Waals surface area contributed by atoms with Gasteiger partial charge in [0.15, 0.2) is 0 Å². The van der Waals surface area contributed by atoms with Gasteiger partial charge in [-0.3, -0.25) is 4.79 Å². The Hall–Kier alpha value is -1.85. The van der Waals surface area contributed by atoms with E-state index in [9.17, 15) is 20.1 Å². The maximum absolute atomic E-state index is 12.7. The number of hydrogen-bond donors (Lipinski definition) is 3. The molecule has 128 valence electrons. The lowest BCUT2D eigenvalue weighted by Gasteiger charge is -2.42. The maximum atomic E-state index is 12.7. The van der Waals surface area contributed by atoms with E-state index in [1.807, 2.05) is 6.07 Å². The smallest absolute Gasteiger partial charge is 0.313 e. The van der Waals surface area contributed by atoms with Gasteiger partial charge in [0, 0.05) is 5.41 Å². The minimum absolute atomic E-state index is 0.0644. The Morgan fingerprint density at radius 3 is 2.79 bits per heavy atom. The molecule has 0 saturated heterocycles. The van der Waals surface area contributed by atoms with Crippen molar-refractivity contribution in [3.8, 4) is 5.75 Å². The fraction of sp³-hybridized carbons (Fsp3) is 0.526. The van der Waals surface area contributed by atoms with Gasteiger partial charge in [0.05, 0.1) is 24.7 Å². The van der Waals surface area contributed by atoms with Crippen LogP contribution in [-0.2, 0) is 9.53 Å². The zero-order chi connectivity index (χ0) is 17.4. The van der Waals surface area contributed by atoms with Crippen LogP contribution in [0.2, 0.25) is 0 Å². The topological polar surface area (TPSA) is 87.0 Å². The van der Waals surface area contributed by atoms with Crippen LogP contribution in [0.5, 0.6) is 5.75 Å². The van der Waals surface area contributed by atoms with Crippen molar-refractivity contribution in [2.45, 2.75) is 49.7 Å². The quantitative estimate of drug-likeness (QED) is 0.541. The molecule has 1 aromatic rings. The Bertz CT molecular complexity index is 769. The van der Waals surface area contributed by atoms with E-state index >= 15 is 0 Å². The van der Waals surface area contributed by atoms with Gasteiger partial charge in [-0.2, -0.15) is 0 Å². The SMILES string of the molecule is C=C1[C@@H](O)[C@]23C[C@@]1(O)CC[C@H]2c1ccc(O)c(C)c1[C@@H]3C(=O)OC. The van der Waals surface area contributed by atoms with Gasteiger partial charge in [0.25, 0.3) is 0 Å². The number of aliphatic hydroxyl groups excluding tert-OH is 1. The monoisotopic (exact) mass is 330 g/mol. The normalized spacial score (nSPS) is 39.5. The summed E-state index contributed by atoms with van der Waals surface area (Å²) in [5.41, 5.74) is 0.757. The van der Waals surface area contributed by atoms with Gasteiger partial charge in [-0.05, 0) is 60.4 Å². The van der Waals surface area contributed by atoms with Crippen molar-refractivity contribution >= 4 is 5.97 Å². The molecule has 0 unspecified atom stereocenters. The fourth-order valence-electron chi connectivity index (χ4n) is 5.57. The van der Waals surface area contributed by atoms with Gasteiger partial charge in [0.2, 0.25) is 0 Å². The summed E-state index contributed by atoms with van der Waals surface area (Å²) in [6, 6.07) is 3.48. The molecule has 1 spiro atoms. The third-order valence-corrected chi connectivity index (χ3v) is 6.69. The second-order valence-electron chi connectivity index (χ2n) is 7.51. The highest BCUT2D eigenvalue weighted by Gasteiger charge is 2.70. The van der Waals surface area contributed by atoms with Crippen LogP contribution < -0.4 is 0 Å². The summed E-state index contributed by atoms with van der Waals surface area (Å²) < 4.78 is 5.05. The zero-order valence-corrected chi connectivity index (χ0v) is 13.9. The van der Waals surface area contributed by atoms with Crippen molar-refractivity contribution in [3.63, 3.8) is 0 Å². The average molecular weight is 330 g/mol. The van der Waals surface area contributed by atoms with E-state index in [4.69, 9.17) is 4.74 Å². The number of ether oxygens (including phenoxy) is 1. The van der Waals surface area contributed by atoms with Crippen molar-refractivity contribution in [2.24, 2.45) is 5.41 Å². The number of benzene rings is 1. The zero-order valence-electron chi connectivity index (χ0n) is 13.9. The minimum atomic E-state index is -1.14. The van der Waals surface area contributed by atoms with Gasteiger partial charge in [-0.25, -0.2) is 0 Å². The highest BCUT2D eigenvalue weighted by molar-refractivity contribution is 5.84. The molecular formula is C19H22O5. The van der Waals surface area contributed by atoms with E-state index in [-0.39, 0.29) is 11.7 Å². The number of aromatic hydroxyl groups is 1.